The van der Waals surface area contributed by atoms with Crippen LogP contribution >= 0.6 is 23.2 Å². The van der Waals surface area contributed by atoms with E-state index in [1.807, 2.05) is 60.7 Å². The number of hydrogen-bond donors (Lipinski definition) is 1. The Hall–Kier alpha value is -4.08. The summed E-state index contributed by atoms with van der Waals surface area (Å²) >= 11 is 12.3. The largest absolute Gasteiger partial charge is 0.673 e. The first kappa shape index (κ1) is 27.9. The minimum atomic E-state index is -6.00. The Bertz CT molecular complexity index is 1670. The summed E-state index contributed by atoms with van der Waals surface area (Å²) in [6.45, 7) is 0. The molecule has 1 heterocycles. The van der Waals surface area contributed by atoms with Crippen molar-refractivity contribution in [1.82, 2.24) is 0 Å². The van der Waals surface area contributed by atoms with E-state index in [-0.39, 0.29) is 0 Å². The number of fused-ring (bicyclic) bond motifs is 1. The number of carbonyl (C=O) groups excluding carboxylic acids is 1. The van der Waals surface area contributed by atoms with E-state index in [1.54, 1.807) is 42.5 Å². The summed E-state index contributed by atoms with van der Waals surface area (Å²) in [5.74, 6) is 0.628. The van der Waals surface area contributed by atoms with E-state index in [9.17, 15) is 22.1 Å². The topological polar surface area (TPSA) is 53.4 Å². The van der Waals surface area contributed by atoms with Gasteiger partial charge < -0.3 is 26.4 Å². The average Bonchev–Trinajstić information content (AvgIpc) is 2.90. The standard InChI is InChI=1S/C28H17Cl2NO3.BF4/c29-19-10-15-26-23(16-19)25(17-27(34-26)18-6-2-1-3-7-18)31-20-11-13-21(14-12-20)33-28(32)22-8-4-5-9-24(22)30;2-1(3,4)5/h1-17H;/q;-1/p+1. The molecule has 0 aliphatic heterocycles. The molecule has 0 unspecified atom stereocenters. The minimum absolute atomic E-state index is 0.316. The number of rotatable bonds is 4. The van der Waals surface area contributed by atoms with E-state index >= 15 is 0 Å². The van der Waals surface area contributed by atoms with Crippen molar-refractivity contribution in [3.05, 3.63) is 124 Å². The summed E-state index contributed by atoms with van der Waals surface area (Å²) in [5, 5.41) is 2.64. The predicted octanol–water partition coefficient (Wildman–Crippen LogP) is 7.24. The average molecular weight is 574 g/mol. The van der Waals surface area contributed by atoms with E-state index in [4.69, 9.17) is 32.4 Å². The third kappa shape index (κ3) is 7.96. The molecule has 0 fully saturated rings. The van der Waals surface area contributed by atoms with Gasteiger partial charge in [0.2, 0.25) is 11.0 Å². The second-order valence-corrected chi connectivity index (χ2v) is 8.89. The maximum absolute atomic E-state index is 12.4. The van der Waals surface area contributed by atoms with Crippen LogP contribution in [-0.2, 0) is 0 Å². The lowest BCUT2D eigenvalue weighted by molar-refractivity contribution is -0.400. The second-order valence-electron chi connectivity index (χ2n) is 8.04. The molecule has 11 heteroatoms. The molecular weight excluding hydrogens is 556 g/mol. The fraction of sp³-hybridized carbons (Fsp3) is 0. The van der Waals surface area contributed by atoms with Crippen LogP contribution in [0.4, 0.5) is 23.0 Å². The summed E-state index contributed by atoms with van der Waals surface area (Å²) < 4.78 is 50.6. The van der Waals surface area contributed by atoms with Crippen LogP contribution in [0.3, 0.4) is 0 Å². The highest BCUT2D eigenvalue weighted by atomic mass is 35.5. The smallest absolute Gasteiger partial charge is 0.456 e. The van der Waals surface area contributed by atoms with Gasteiger partial charge in [-0.15, -0.1) is 0 Å². The maximum Gasteiger partial charge on any atom is 0.673 e. The van der Waals surface area contributed by atoms with Crippen LogP contribution in [0.15, 0.2) is 108 Å². The molecule has 0 aliphatic carbocycles. The van der Waals surface area contributed by atoms with E-state index in [2.05, 4.69) is 4.99 Å². The first-order valence-electron chi connectivity index (χ1n) is 11.4. The van der Waals surface area contributed by atoms with E-state index in [1.165, 1.54) is 0 Å². The molecule has 0 radical (unpaired) electrons. The van der Waals surface area contributed by atoms with Gasteiger partial charge in [-0.3, -0.25) is 0 Å². The third-order valence-corrected chi connectivity index (χ3v) is 5.79. The van der Waals surface area contributed by atoms with Gasteiger partial charge in [-0.05, 0) is 42.5 Å². The van der Waals surface area contributed by atoms with Crippen LogP contribution in [0.2, 0.25) is 10.0 Å². The molecular formula is C28H18BCl2F4NO3. The van der Waals surface area contributed by atoms with E-state index in [0.29, 0.717) is 26.9 Å². The zero-order chi connectivity index (χ0) is 28.0. The van der Waals surface area contributed by atoms with Gasteiger partial charge in [0, 0.05) is 22.7 Å². The number of esters is 1. The molecule has 0 aliphatic rings. The van der Waals surface area contributed by atoms with Gasteiger partial charge in [-0.1, -0.05) is 65.7 Å². The van der Waals surface area contributed by atoms with Crippen LogP contribution in [0.1, 0.15) is 10.4 Å². The highest BCUT2D eigenvalue weighted by Gasteiger charge is 2.20. The number of benzene rings is 4. The number of halogens is 6. The molecule has 4 aromatic carbocycles. The fourth-order valence-electron chi connectivity index (χ4n) is 3.56. The van der Waals surface area contributed by atoms with Gasteiger partial charge >= 0.3 is 13.2 Å². The highest BCUT2D eigenvalue weighted by Crippen LogP contribution is 2.24. The summed E-state index contributed by atoms with van der Waals surface area (Å²) in [6, 6.07) is 31.2. The van der Waals surface area contributed by atoms with Crippen molar-refractivity contribution in [2.75, 3.05) is 0 Å². The maximum atomic E-state index is 12.4. The highest BCUT2D eigenvalue weighted by molar-refractivity contribution is 6.50. The van der Waals surface area contributed by atoms with Gasteiger partial charge in [0.25, 0.3) is 0 Å². The number of carbonyl (C=O) groups is 1. The summed E-state index contributed by atoms with van der Waals surface area (Å²) in [4.78, 5) is 15.8. The Balaban J connectivity index is 0.000000648. The summed E-state index contributed by atoms with van der Waals surface area (Å²) in [5.41, 5.74) is 2.79. The normalized spacial score (nSPS) is 11.6. The van der Waals surface area contributed by atoms with Crippen molar-refractivity contribution in [1.29, 1.82) is 0 Å². The van der Waals surface area contributed by atoms with Crippen molar-refractivity contribution in [3.63, 3.8) is 0 Å². The molecule has 0 saturated carbocycles. The molecule has 39 heavy (non-hydrogen) atoms. The molecule has 5 aromatic rings. The molecule has 1 aromatic heterocycles. The van der Waals surface area contributed by atoms with Gasteiger partial charge in [-0.2, -0.15) is 0 Å². The monoisotopic (exact) mass is 573 g/mol. The van der Waals surface area contributed by atoms with Gasteiger partial charge in [0.1, 0.15) is 17.1 Å². The quantitative estimate of drug-likeness (QED) is 0.107. The molecule has 198 valence electrons. The lowest BCUT2D eigenvalue weighted by Gasteiger charge is -2.05. The van der Waals surface area contributed by atoms with Crippen LogP contribution < -0.4 is 15.1 Å². The lowest BCUT2D eigenvalue weighted by Crippen LogP contribution is -2.70. The molecule has 1 N–H and O–H groups in total. The number of hydrogen-bond acceptors (Lipinski definition) is 3. The van der Waals surface area contributed by atoms with Gasteiger partial charge in [0.05, 0.1) is 22.0 Å². The fourth-order valence-corrected chi connectivity index (χ4v) is 3.94. The molecule has 0 bridgehead atoms. The Morgan fingerprint density at radius 1 is 0.795 bits per heavy atom. The van der Waals surface area contributed by atoms with E-state index in [0.717, 1.165) is 27.8 Å². The SMILES string of the molecule is F[B-](F)(F)F.O=C(Oc1ccc([NH+]=c2cc(-c3ccccc3)oc3ccc(Cl)cc23)cc1)c1ccccc1Cl. The first-order valence-corrected chi connectivity index (χ1v) is 12.2. The first-order chi connectivity index (χ1) is 18.6. The van der Waals surface area contributed by atoms with Crippen LogP contribution in [0, 0.1) is 0 Å². The molecule has 0 saturated heterocycles. The molecule has 5 rings (SSSR count). The molecule has 0 atom stereocenters. The van der Waals surface area contributed by atoms with Crippen molar-refractivity contribution < 1.29 is 36.2 Å². The molecule has 0 spiro atoms. The third-order valence-electron chi connectivity index (χ3n) is 5.22. The number of ether oxygens (including phenoxy) is 1. The Morgan fingerprint density at radius 2 is 1.44 bits per heavy atom. The number of nitrogens with one attached hydrogen (secondary N) is 1. The lowest BCUT2D eigenvalue weighted by atomic mass is 10.1. The zero-order valence-corrected chi connectivity index (χ0v) is 21.4. The Labute approximate surface area is 230 Å². The zero-order valence-electron chi connectivity index (χ0n) is 19.9. The Kier molecular flexibility index (Phi) is 8.74. The molecule has 4 nitrogen and oxygen atoms in total. The van der Waals surface area contributed by atoms with Crippen LogP contribution in [-0.4, -0.2) is 13.2 Å². The Morgan fingerprint density at radius 3 is 2.10 bits per heavy atom. The van der Waals surface area contributed by atoms with Crippen LogP contribution in [0.5, 0.6) is 5.75 Å². The van der Waals surface area contributed by atoms with Crippen molar-refractivity contribution in [2.24, 2.45) is 0 Å². The summed E-state index contributed by atoms with van der Waals surface area (Å²) in [6.07, 6.45) is 0. The van der Waals surface area contributed by atoms with Crippen molar-refractivity contribution >= 4 is 53.1 Å². The van der Waals surface area contributed by atoms with Crippen molar-refractivity contribution in [3.8, 4) is 17.1 Å². The minimum Gasteiger partial charge on any atom is -0.456 e. The van der Waals surface area contributed by atoms with E-state index < -0.39 is 13.2 Å². The van der Waals surface area contributed by atoms with Crippen LogP contribution in [0.25, 0.3) is 22.3 Å². The predicted molar refractivity (Wildman–Crippen MR) is 143 cm³/mol. The van der Waals surface area contributed by atoms with Gasteiger partial charge in [-0.25, -0.2) is 9.79 Å². The molecule has 0 amide bonds. The van der Waals surface area contributed by atoms with Gasteiger partial charge in [0.15, 0.2) is 0 Å². The van der Waals surface area contributed by atoms with Crippen molar-refractivity contribution in [2.45, 2.75) is 0 Å². The summed E-state index contributed by atoms with van der Waals surface area (Å²) in [7, 11) is -6.00. The second kappa shape index (κ2) is 12.2.